The SMILES string of the molecule is C=CC=C(CCC)C1CCCCC1. The number of allylic oxidation sites excluding steroid dienone is 3. The normalized spacial score (nSPS) is 20.2. The summed E-state index contributed by atoms with van der Waals surface area (Å²) >= 11 is 0. The number of hydrogen-bond acceptors (Lipinski definition) is 0. The average Bonchev–Trinajstić information content (AvgIpc) is 2.19. The zero-order chi connectivity index (χ0) is 9.52. The van der Waals surface area contributed by atoms with E-state index in [-0.39, 0.29) is 0 Å². The van der Waals surface area contributed by atoms with Crippen LogP contribution in [-0.2, 0) is 0 Å². The molecule has 0 atom stereocenters. The van der Waals surface area contributed by atoms with Gasteiger partial charge in [0, 0.05) is 0 Å². The number of hydrogen-bond donors (Lipinski definition) is 0. The minimum absolute atomic E-state index is 0.881. The summed E-state index contributed by atoms with van der Waals surface area (Å²) in [5.41, 5.74) is 1.65. The molecule has 1 saturated carbocycles. The van der Waals surface area contributed by atoms with Crippen molar-refractivity contribution >= 4 is 0 Å². The topological polar surface area (TPSA) is 0 Å². The fraction of sp³-hybridized carbons (Fsp3) is 0.692. The quantitative estimate of drug-likeness (QED) is 0.557. The van der Waals surface area contributed by atoms with Crippen molar-refractivity contribution in [3.8, 4) is 0 Å². The van der Waals surface area contributed by atoms with Crippen molar-refractivity contribution in [1.29, 1.82) is 0 Å². The maximum atomic E-state index is 3.80. The summed E-state index contributed by atoms with van der Waals surface area (Å²) in [6, 6.07) is 0. The smallest absolute Gasteiger partial charge is 0.0200 e. The molecule has 0 aromatic rings. The van der Waals surface area contributed by atoms with Crippen molar-refractivity contribution in [1.82, 2.24) is 0 Å². The van der Waals surface area contributed by atoms with Gasteiger partial charge in [0.15, 0.2) is 0 Å². The van der Waals surface area contributed by atoms with Crippen molar-refractivity contribution in [2.24, 2.45) is 5.92 Å². The first-order valence-electron chi connectivity index (χ1n) is 5.70. The first-order valence-corrected chi connectivity index (χ1v) is 5.70. The van der Waals surface area contributed by atoms with Crippen LogP contribution >= 0.6 is 0 Å². The van der Waals surface area contributed by atoms with E-state index in [2.05, 4.69) is 19.6 Å². The highest BCUT2D eigenvalue weighted by Crippen LogP contribution is 2.31. The van der Waals surface area contributed by atoms with E-state index in [1.54, 1.807) is 5.57 Å². The van der Waals surface area contributed by atoms with Crippen LogP contribution in [0.5, 0.6) is 0 Å². The van der Waals surface area contributed by atoms with Crippen LogP contribution in [0.3, 0.4) is 0 Å². The maximum Gasteiger partial charge on any atom is -0.0200 e. The largest absolute Gasteiger partial charge is 0.0991 e. The molecule has 0 aliphatic heterocycles. The standard InChI is InChI=1S/C13H22/c1-3-8-12(9-4-2)13-10-6-5-7-11-13/h3,8,13H,1,4-7,9-11H2,2H3. The summed E-state index contributed by atoms with van der Waals surface area (Å²) < 4.78 is 0. The van der Waals surface area contributed by atoms with Crippen molar-refractivity contribution < 1.29 is 0 Å². The molecule has 13 heavy (non-hydrogen) atoms. The van der Waals surface area contributed by atoms with E-state index in [1.165, 1.54) is 44.9 Å². The van der Waals surface area contributed by atoms with Crippen LogP contribution in [0, 0.1) is 5.92 Å². The van der Waals surface area contributed by atoms with Gasteiger partial charge >= 0.3 is 0 Å². The Morgan fingerprint density at radius 3 is 2.54 bits per heavy atom. The molecule has 0 saturated heterocycles. The molecule has 0 heterocycles. The molecule has 1 rings (SSSR count). The lowest BCUT2D eigenvalue weighted by atomic mass is 9.82. The molecule has 0 spiro atoms. The molecule has 0 aromatic carbocycles. The Labute approximate surface area is 82.7 Å². The summed E-state index contributed by atoms with van der Waals surface area (Å²) in [7, 11) is 0. The van der Waals surface area contributed by atoms with Gasteiger partial charge in [-0.25, -0.2) is 0 Å². The third-order valence-corrected chi connectivity index (χ3v) is 3.00. The third-order valence-electron chi connectivity index (χ3n) is 3.00. The monoisotopic (exact) mass is 178 g/mol. The molecule has 1 aliphatic rings. The van der Waals surface area contributed by atoms with E-state index in [0.29, 0.717) is 0 Å². The van der Waals surface area contributed by atoms with Gasteiger partial charge in [-0.2, -0.15) is 0 Å². The Balaban J connectivity index is 2.51. The summed E-state index contributed by atoms with van der Waals surface area (Å²) in [5.74, 6) is 0.881. The van der Waals surface area contributed by atoms with Gasteiger partial charge in [-0.05, 0) is 25.2 Å². The van der Waals surface area contributed by atoms with Crippen LogP contribution in [-0.4, -0.2) is 0 Å². The van der Waals surface area contributed by atoms with Gasteiger partial charge in [0.25, 0.3) is 0 Å². The summed E-state index contributed by atoms with van der Waals surface area (Å²) in [4.78, 5) is 0. The predicted octanol–water partition coefficient (Wildman–Crippen LogP) is 4.48. The average molecular weight is 178 g/mol. The van der Waals surface area contributed by atoms with E-state index >= 15 is 0 Å². The van der Waals surface area contributed by atoms with Gasteiger partial charge in [0.05, 0.1) is 0 Å². The van der Waals surface area contributed by atoms with E-state index in [1.807, 2.05) is 6.08 Å². The van der Waals surface area contributed by atoms with Gasteiger partial charge in [0.1, 0.15) is 0 Å². The second-order valence-corrected chi connectivity index (χ2v) is 4.06. The van der Waals surface area contributed by atoms with Gasteiger partial charge in [-0.15, -0.1) is 0 Å². The molecule has 0 aromatic heterocycles. The highest BCUT2D eigenvalue weighted by Gasteiger charge is 2.16. The summed E-state index contributed by atoms with van der Waals surface area (Å²) in [6.45, 7) is 6.06. The van der Waals surface area contributed by atoms with Crippen molar-refractivity contribution in [2.45, 2.75) is 51.9 Å². The van der Waals surface area contributed by atoms with Gasteiger partial charge < -0.3 is 0 Å². The van der Waals surface area contributed by atoms with Crippen LogP contribution in [0.4, 0.5) is 0 Å². The van der Waals surface area contributed by atoms with E-state index in [4.69, 9.17) is 0 Å². The Kier molecular flexibility index (Phi) is 4.88. The summed E-state index contributed by atoms with van der Waals surface area (Å²) in [5, 5.41) is 0. The second-order valence-electron chi connectivity index (χ2n) is 4.06. The molecule has 74 valence electrons. The molecule has 0 amide bonds. The zero-order valence-corrected chi connectivity index (χ0v) is 8.89. The molecule has 0 heteroatoms. The van der Waals surface area contributed by atoms with Crippen LogP contribution in [0.2, 0.25) is 0 Å². The van der Waals surface area contributed by atoms with Gasteiger partial charge in [-0.3, -0.25) is 0 Å². The zero-order valence-electron chi connectivity index (χ0n) is 8.89. The first kappa shape index (κ1) is 10.6. The number of rotatable bonds is 4. The molecular weight excluding hydrogens is 156 g/mol. The Morgan fingerprint density at radius 2 is 2.00 bits per heavy atom. The van der Waals surface area contributed by atoms with Gasteiger partial charge in [0.2, 0.25) is 0 Å². The lowest BCUT2D eigenvalue weighted by Crippen LogP contribution is -2.09. The van der Waals surface area contributed by atoms with Crippen LogP contribution in [0.25, 0.3) is 0 Å². The molecule has 1 aliphatic carbocycles. The van der Waals surface area contributed by atoms with E-state index < -0.39 is 0 Å². The molecular formula is C13H22. The van der Waals surface area contributed by atoms with Crippen LogP contribution in [0.15, 0.2) is 24.3 Å². The molecule has 0 N–H and O–H groups in total. The van der Waals surface area contributed by atoms with E-state index in [0.717, 1.165) is 5.92 Å². The Bertz CT molecular complexity index is 170. The highest BCUT2D eigenvalue weighted by molar-refractivity contribution is 5.14. The fourth-order valence-corrected chi connectivity index (χ4v) is 2.34. The molecule has 0 nitrogen and oxygen atoms in total. The minimum atomic E-state index is 0.881. The predicted molar refractivity (Wildman–Crippen MR) is 59.8 cm³/mol. The van der Waals surface area contributed by atoms with Crippen molar-refractivity contribution in [3.05, 3.63) is 24.3 Å². The second kappa shape index (κ2) is 6.01. The maximum absolute atomic E-state index is 3.80. The van der Waals surface area contributed by atoms with E-state index in [9.17, 15) is 0 Å². The molecule has 0 bridgehead atoms. The third kappa shape index (κ3) is 3.38. The van der Waals surface area contributed by atoms with Crippen molar-refractivity contribution in [3.63, 3.8) is 0 Å². The minimum Gasteiger partial charge on any atom is -0.0991 e. The Morgan fingerprint density at radius 1 is 1.31 bits per heavy atom. The lowest BCUT2D eigenvalue weighted by molar-refractivity contribution is 0.394. The first-order chi connectivity index (χ1) is 6.38. The molecule has 1 fully saturated rings. The fourth-order valence-electron chi connectivity index (χ4n) is 2.34. The lowest BCUT2D eigenvalue weighted by Gasteiger charge is -2.24. The van der Waals surface area contributed by atoms with Crippen LogP contribution in [0.1, 0.15) is 51.9 Å². The summed E-state index contributed by atoms with van der Waals surface area (Å²) in [6.07, 6.45) is 13.9. The Hall–Kier alpha value is -0.520. The van der Waals surface area contributed by atoms with Gasteiger partial charge in [-0.1, -0.05) is 56.9 Å². The van der Waals surface area contributed by atoms with Crippen LogP contribution < -0.4 is 0 Å². The molecule has 0 unspecified atom stereocenters. The van der Waals surface area contributed by atoms with Crippen molar-refractivity contribution in [2.75, 3.05) is 0 Å². The molecule has 0 radical (unpaired) electrons. The highest BCUT2D eigenvalue weighted by atomic mass is 14.2.